The summed E-state index contributed by atoms with van der Waals surface area (Å²) in [5, 5.41) is 2.88. The standard InChI is InChI=1S/C19H22N4O2.ClH/c1-19(18(25)22-15-8-9-16(20)21-12-15)10-5-11-23(13-19)17(24)14-6-3-2-4-7-14;/h2-4,6-9,12H,5,10-11,13H2,1H3,(H2,20,21)(H,22,25);1H. The number of nitrogens with zero attached hydrogens (tertiary/aromatic N) is 2. The summed E-state index contributed by atoms with van der Waals surface area (Å²) in [6.07, 6.45) is 3.06. The first-order valence-electron chi connectivity index (χ1n) is 8.35. The smallest absolute Gasteiger partial charge is 0.253 e. The number of nitrogens with one attached hydrogen (secondary N) is 1. The van der Waals surface area contributed by atoms with Crippen molar-refractivity contribution in [3.63, 3.8) is 0 Å². The highest BCUT2D eigenvalue weighted by Crippen LogP contribution is 2.31. The zero-order valence-corrected chi connectivity index (χ0v) is 15.5. The second-order valence-electron chi connectivity index (χ2n) is 6.68. The van der Waals surface area contributed by atoms with Crippen LogP contribution in [0.25, 0.3) is 0 Å². The van der Waals surface area contributed by atoms with Gasteiger partial charge >= 0.3 is 0 Å². The van der Waals surface area contributed by atoms with Gasteiger partial charge in [-0.3, -0.25) is 9.59 Å². The number of nitrogen functional groups attached to an aromatic ring is 1. The fourth-order valence-corrected chi connectivity index (χ4v) is 3.12. The number of aromatic nitrogens is 1. The van der Waals surface area contributed by atoms with Crippen molar-refractivity contribution in [1.82, 2.24) is 9.88 Å². The van der Waals surface area contributed by atoms with Crippen LogP contribution in [0.1, 0.15) is 30.1 Å². The Hall–Kier alpha value is -2.60. The number of likely N-dealkylation sites (tertiary alicyclic amines) is 1. The Morgan fingerprint density at radius 3 is 2.58 bits per heavy atom. The Morgan fingerprint density at radius 1 is 1.19 bits per heavy atom. The molecule has 2 heterocycles. The number of nitrogens with two attached hydrogens (primary N) is 1. The Morgan fingerprint density at radius 2 is 1.92 bits per heavy atom. The van der Waals surface area contributed by atoms with Crippen LogP contribution in [-0.2, 0) is 4.79 Å². The molecular weight excluding hydrogens is 352 g/mol. The van der Waals surface area contributed by atoms with Crippen LogP contribution < -0.4 is 11.1 Å². The molecule has 0 aliphatic carbocycles. The molecule has 1 aromatic carbocycles. The topological polar surface area (TPSA) is 88.3 Å². The van der Waals surface area contributed by atoms with Crippen molar-refractivity contribution in [2.24, 2.45) is 5.41 Å². The molecule has 0 saturated carbocycles. The molecule has 3 rings (SSSR count). The zero-order chi connectivity index (χ0) is 17.9. The third-order valence-corrected chi connectivity index (χ3v) is 4.60. The van der Waals surface area contributed by atoms with Crippen LogP contribution in [0.15, 0.2) is 48.7 Å². The average molecular weight is 375 g/mol. The van der Waals surface area contributed by atoms with E-state index >= 15 is 0 Å². The molecule has 6 nitrogen and oxygen atoms in total. The predicted octanol–water partition coefficient (Wildman–Crippen LogP) is 2.97. The molecule has 7 heteroatoms. The highest BCUT2D eigenvalue weighted by molar-refractivity contribution is 5.97. The molecule has 1 aliphatic heterocycles. The summed E-state index contributed by atoms with van der Waals surface area (Å²) in [6, 6.07) is 12.5. The molecule has 138 valence electrons. The lowest BCUT2D eigenvalue weighted by Gasteiger charge is -2.39. The van der Waals surface area contributed by atoms with E-state index in [1.165, 1.54) is 6.20 Å². The van der Waals surface area contributed by atoms with Crippen molar-refractivity contribution in [3.8, 4) is 0 Å². The van der Waals surface area contributed by atoms with Gasteiger partial charge in [-0.15, -0.1) is 12.4 Å². The SMILES string of the molecule is CC1(C(=O)Nc2ccc(N)nc2)CCCN(C(=O)c2ccccc2)C1.Cl. The summed E-state index contributed by atoms with van der Waals surface area (Å²) in [4.78, 5) is 31.2. The first-order valence-corrected chi connectivity index (χ1v) is 8.35. The van der Waals surface area contributed by atoms with Gasteiger partial charge in [-0.05, 0) is 44.0 Å². The number of pyridine rings is 1. The second-order valence-corrected chi connectivity index (χ2v) is 6.68. The van der Waals surface area contributed by atoms with E-state index in [0.717, 1.165) is 12.8 Å². The molecule has 1 fully saturated rings. The van der Waals surface area contributed by atoms with Crippen LogP contribution in [0.2, 0.25) is 0 Å². The summed E-state index contributed by atoms with van der Waals surface area (Å²) in [6.45, 7) is 2.96. The third-order valence-electron chi connectivity index (χ3n) is 4.60. The molecule has 2 amide bonds. The van der Waals surface area contributed by atoms with Gasteiger partial charge in [0.2, 0.25) is 5.91 Å². The normalized spacial score (nSPS) is 19.3. The van der Waals surface area contributed by atoms with E-state index in [-0.39, 0.29) is 24.2 Å². The van der Waals surface area contributed by atoms with Crippen LogP contribution >= 0.6 is 12.4 Å². The maximum absolute atomic E-state index is 12.8. The van der Waals surface area contributed by atoms with E-state index < -0.39 is 5.41 Å². The summed E-state index contributed by atoms with van der Waals surface area (Å²) >= 11 is 0. The van der Waals surface area contributed by atoms with Gasteiger partial charge in [0.05, 0.1) is 17.3 Å². The first kappa shape index (κ1) is 19.7. The van der Waals surface area contributed by atoms with E-state index in [1.54, 1.807) is 29.2 Å². The number of rotatable bonds is 3. The second kappa shape index (κ2) is 8.19. The minimum absolute atomic E-state index is 0. The van der Waals surface area contributed by atoms with Gasteiger partial charge in [-0.2, -0.15) is 0 Å². The van der Waals surface area contributed by atoms with Crippen molar-refractivity contribution in [2.75, 3.05) is 24.1 Å². The monoisotopic (exact) mass is 374 g/mol. The number of hydrogen-bond acceptors (Lipinski definition) is 4. The molecule has 1 atom stereocenters. The van der Waals surface area contributed by atoms with E-state index in [9.17, 15) is 9.59 Å². The van der Waals surface area contributed by atoms with Gasteiger partial charge in [0.1, 0.15) is 5.82 Å². The van der Waals surface area contributed by atoms with E-state index in [0.29, 0.717) is 30.2 Å². The number of halogens is 1. The first-order chi connectivity index (χ1) is 12.0. The number of anilines is 2. The molecule has 1 unspecified atom stereocenters. The Kier molecular flexibility index (Phi) is 6.21. The van der Waals surface area contributed by atoms with Gasteiger partial charge in [-0.1, -0.05) is 18.2 Å². The van der Waals surface area contributed by atoms with Crippen molar-refractivity contribution < 1.29 is 9.59 Å². The van der Waals surface area contributed by atoms with Crippen molar-refractivity contribution in [2.45, 2.75) is 19.8 Å². The van der Waals surface area contributed by atoms with Gasteiger partial charge in [-0.25, -0.2) is 4.98 Å². The fraction of sp³-hybridized carbons (Fsp3) is 0.316. The van der Waals surface area contributed by atoms with Crippen LogP contribution in [0.5, 0.6) is 0 Å². The molecule has 1 saturated heterocycles. The third kappa shape index (κ3) is 4.32. The number of amides is 2. The largest absolute Gasteiger partial charge is 0.384 e. The lowest BCUT2D eigenvalue weighted by molar-refractivity contribution is -0.127. The number of benzene rings is 1. The quantitative estimate of drug-likeness (QED) is 0.864. The maximum atomic E-state index is 12.8. The minimum atomic E-state index is -0.635. The molecule has 26 heavy (non-hydrogen) atoms. The molecular formula is C19H23ClN4O2. The lowest BCUT2D eigenvalue weighted by atomic mass is 9.80. The molecule has 2 aromatic rings. The zero-order valence-electron chi connectivity index (χ0n) is 14.6. The number of carbonyl (C=O) groups is 2. The number of piperidine rings is 1. The highest BCUT2D eigenvalue weighted by Gasteiger charge is 2.39. The lowest BCUT2D eigenvalue weighted by Crippen LogP contribution is -2.50. The van der Waals surface area contributed by atoms with Crippen LogP contribution in [0.3, 0.4) is 0 Å². The summed E-state index contributed by atoms with van der Waals surface area (Å²) in [5.74, 6) is 0.264. The Bertz CT molecular complexity index is 767. The van der Waals surface area contributed by atoms with Gasteiger partial charge in [0.25, 0.3) is 5.91 Å². The van der Waals surface area contributed by atoms with Crippen LogP contribution in [0, 0.1) is 5.41 Å². The molecule has 1 aromatic heterocycles. The number of carbonyl (C=O) groups excluding carboxylic acids is 2. The average Bonchev–Trinajstić information content (AvgIpc) is 2.63. The van der Waals surface area contributed by atoms with Crippen molar-refractivity contribution >= 4 is 35.7 Å². The minimum Gasteiger partial charge on any atom is -0.384 e. The van der Waals surface area contributed by atoms with Gasteiger partial charge < -0.3 is 16.0 Å². The van der Waals surface area contributed by atoms with E-state index in [1.807, 2.05) is 25.1 Å². The summed E-state index contributed by atoms with van der Waals surface area (Å²) in [5.41, 5.74) is 6.18. The predicted molar refractivity (Wildman–Crippen MR) is 104 cm³/mol. The maximum Gasteiger partial charge on any atom is 0.253 e. The summed E-state index contributed by atoms with van der Waals surface area (Å²) in [7, 11) is 0. The highest BCUT2D eigenvalue weighted by atomic mass is 35.5. The van der Waals surface area contributed by atoms with Gasteiger partial charge in [0, 0.05) is 18.7 Å². The fourth-order valence-electron chi connectivity index (χ4n) is 3.12. The molecule has 0 spiro atoms. The van der Waals surface area contributed by atoms with Gasteiger partial charge in [0.15, 0.2) is 0 Å². The summed E-state index contributed by atoms with van der Waals surface area (Å²) < 4.78 is 0. The molecule has 0 radical (unpaired) electrons. The van der Waals surface area contributed by atoms with E-state index in [2.05, 4.69) is 10.3 Å². The molecule has 0 bridgehead atoms. The van der Waals surface area contributed by atoms with Crippen molar-refractivity contribution in [1.29, 1.82) is 0 Å². The van der Waals surface area contributed by atoms with E-state index in [4.69, 9.17) is 5.73 Å². The van der Waals surface area contributed by atoms with Crippen molar-refractivity contribution in [3.05, 3.63) is 54.2 Å². The van der Waals surface area contributed by atoms with Crippen LogP contribution in [-0.4, -0.2) is 34.8 Å². The Balaban J connectivity index is 0.00000243. The Labute approximate surface area is 159 Å². The van der Waals surface area contributed by atoms with Crippen LogP contribution in [0.4, 0.5) is 11.5 Å². The molecule has 1 aliphatic rings. The molecule has 3 N–H and O–H groups in total. The number of hydrogen-bond donors (Lipinski definition) is 2.